The molecule has 59 heavy (non-hydrogen) atoms. The zero-order valence-electron chi connectivity index (χ0n) is 33.2. The van der Waals surface area contributed by atoms with Gasteiger partial charge in [-0.1, -0.05) is 190 Å². The zero-order valence-corrected chi connectivity index (χ0v) is 34.2. The Morgan fingerprint density at radius 3 is 1.27 bits per heavy atom. The Labute approximate surface area is 347 Å². The number of rotatable bonds is 5. The monoisotopic (exact) mass is 767 g/mol. The molecule has 0 bridgehead atoms. The van der Waals surface area contributed by atoms with Gasteiger partial charge in [0.25, 0.3) is 0 Å². The predicted octanol–water partition coefficient (Wildman–Crippen LogP) is 12.1. The van der Waals surface area contributed by atoms with Gasteiger partial charge in [0, 0.05) is 22.5 Å². The summed E-state index contributed by atoms with van der Waals surface area (Å²) in [7, 11) is -2.62. The molecule has 2 aliphatic heterocycles. The summed E-state index contributed by atoms with van der Waals surface area (Å²) in [4.78, 5) is 2.50. The number of nitrogens with zero attached hydrogens (tertiary/aromatic N) is 1. The molecule has 0 aromatic heterocycles. The fraction of sp³-hybridized carbons (Fsp3) is 0.0526. The minimum absolute atomic E-state index is 0.114. The average Bonchev–Trinajstić information content (AvgIpc) is 3.85. The highest BCUT2D eigenvalue weighted by Gasteiger charge is 2.54. The molecule has 0 amide bonds. The van der Waals surface area contributed by atoms with E-state index in [1.165, 1.54) is 98.9 Å². The molecule has 3 aliphatic rings. The number of anilines is 3. The van der Waals surface area contributed by atoms with Crippen LogP contribution in [-0.2, 0) is 5.41 Å². The Morgan fingerprint density at radius 2 is 0.695 bits per heavy atom. The number of benzene rings is 9. The molecule has 0 saturated carbocycles. The largest absolute Gasteiger partial charge is 0.310 e. The van der Waals surface area contributed by atoms with Crippen molar-refractivity contribution < 1.29 is 0 Å². The van der Waals surface area contributed by atoms with Gasteiger partial charge in [-0.25, -0.2) is 0 Å². The van der Waals surface area contributed by atoms with Gasteiger partial charge in [0.2, 0.25) is 0 Å². The molecule has 1 nitrogen and oxygen atoms in total. The second-order valence-corrected chi connectivity index (χ2v) is 20.5. The summed E-state index contributed by atoms with van der Waals surface area (Å²) in [5, 5.41) is 5.96. The van der Waals surface area contributed by atoms with Crippen LogP contribution in [-0.4, -0.2) is 8.07 Å². The highest BCUT2D eigenvalue weighted by Crippen LogP contribution is 2.51. The summed E-state index contributed by atoms with van der Waals surface area (Å²) in [6.07, 6.45) is 0. The molecule has 0 saturated heterocycles. The van der Waals surface area contributed by atoms with E-state index in [1.54, 1.807) is 0 Å². The van der Waals surface area contributed by atoms with Gasteiger partial charge >= 0.3 is 0 Å². The molecule has 0 N–H and O–H groups in total. The third-order valence-corrected chi connectivity index (χ3v) is 18.5. The van der Waals surface area contributed by atoms with Crippen LogP contribution in [0.1, 0.15) is 25.0 Å². The highest BCUT2D eigenvalue weighted by molar-refractivity contribution is 7.24. The molecule has 1 aliphatic carbocycles. The van der Waals surface area contributed by atoms with Crippen LogP contribution in [0.3, 0.4) is 0 Å². The summed E-state index contributed by atoms with van der Waals surface area (Å²) in [5.74, 6) is 0. The summed E-state index contributed by atoms with van der Waals surface area (Å²) in [5.41, 5.74) is 19.2. The number of hydrogen-bond acceptors (Lipinski definition) is 1. The molecule has 0 radical (unpaired) electrons. The predicted molar refractivity (Wildman–Crippen MR) is 251 cm³/mol. The van der Waals surface area contributed by atoms with Crippen LogP contribution in [0, 0.1) is 0 Å². The number of hydrogen-bond donors (Lipinski definition) is 0. The van der Waals surface area contributed by atoms with Crippen LogP contribution < -0.4 is 25.6 Å². The van der Waals surface area contributed by atoms with E-state index in [-0.39, 0.29) is 5.41 Å². The standard InChI is InChI=1S/C57H41NSi/c1-57(2)51-20-10-6-16-45(51)46-34-32-43(36-52(46)57)58(42-30-28-41(29-31-42)40-26-24-39(25-27-40)38-14-4-3-5-15-38)44-33-35-50-49-19-9-13-23-55(49)59(56(50)37-44)53-21-11-7-17-47(53)48-18-8-12-22-54(48)59/h3-37H,1-2H3. The molecule has 9 aromatic rings. The van der Waals surface area contributed by atoms with E-state index in [4.69, 9.17) is 0 Å². The minimum atomic E-state index is -2.62. The molecule has 0 atom stereocenters. The van der Waals surface area contributed by atoms with E-state index in [9.17, 15) is 0 Å². The van der Waals surface area contributed by atoms with Gasteiger partial charge in [0.15, 0.2) is 8.07 Å². The van der Waals surface area contributed by atoms with E-state index >= 15 is 0 Å². The average molecular weight is 768 g/mol. The Hall–Kier alpha value is -7.00. The van der Waals surface area contributed by atoms with E-state index in [2.05, 4.69) is 231 Å². The number of fused-ring (bicyclic) bond motifs is 13. The molecule has 9 aromatic carbocycles. The minimum Gasteiger partial charge on any atom is -0.310 e. The molecule has 278 valence electrons. The van der Waals surface area contributed by atoms with Crippen molar-refractivity contribution in [2.45, 2.75) is 19.3 Å². The molecule has 2 heteroatoms. The maximum atomic E-state index is 2.56. The van der Waals surface area contributed by atoms with Crippen molar-refractivity contribution in [3.8, 4) is 55.6 Å². The molecule has 0 unspecified atom stereocenters. The lowest BCUT2D eigenvalue weighted by molar-refractivity contribution is 0.660. The molecule has 0 fully saturated rings. The van der Waals surface area contributed by atoms with Crippen LogP contribution in [0.4, 0.5) is 17.1 Å². The van der Waals surface area contributed by atoms with Gasteiger partial charge in [-0.2, -0.15) is 0 Å². The van der Waals surface area contributed by atoms with Gasteiger partial charge in [-0.3, -0.25) is 0 Å². The lowest BCUT2D eigenvalue weighted by Gasteiger charge is -2.31. The first-order valence-electron chi connectivity index (χ1n) is 20.8. The first kappa shape index (κ1) is 34.1. The van der Waals surface area contributed by atoms with Crippen LogP contribution in [0.2, 0.25) is 0 Å². The summed E-state index contributed by atoms with van der Waals surface area (Å²) < 4.78 is 0. The molecule has 2 heterocycles. The zero-order chi connectivity index (χ0) is 39.3. The third-order valence-electron chi connectivity index (χ3n) is 13.5. The van der Waals surface area contributed by atoms with Crippen LogP contribution in [0.15, 0.2) is 212 Å². The normalized spacial score (nSPS) is 14.2. The molecule has 1 spiro atoms. The third kappa shape index (κ3) is 4.84. The Balaban J connectivity index is 1.04. The van der Waals surface area contributed by atoms with Crippen molar-refractivity contribution in [1.82, 2.24) is 0 Å². The van der Waals surface area contributed by atoms with E-state index < -0.39 is 8.07 Å². The molecule has 12 rings (SSSR count). The van der Waals surface area contributed by atoms with Gasteiger partial charge in [-0.15, -0.1) is 0 Å². The van der Waals surface area contributed by atoms with E-state index in [0.717, 1.165) is 5.69 Å². The quantitative estimate of drug-likeness (QED) is 0.158. The van der Waals surface area contributed by atoms with Gasteiger partial charge < -0.3 is 4.90 Å². The van der Waals surface area contributed by atoms with Crippen molar-refractivity contribution in [3.63, 3.8) is 0 Å². The van der Waals surface area contributed by atoms with Crippen molar-refractivity contribution in [2.24, 2.45) is 0 Å². The summed E-state index contributed by atoms with van der Waals surface area (Å²) in [6, 6.07) is 79.8. The Morgan fingerprint density at radius 1 is 0.305 bits per heavy atom. The topological polar surface area (TPSA) is 3.24 Å². The van der Waals surface area contributed by atoms with Crippen LogP contribution in [0.5, 0.6) is 0 Å². The van der Waals surface area contributed by atoms with Gasteiger partial charge in [-0.05, 0) is 124 Å². The molecular weight excluding hydrogens is 727 g/mol. The van der Waals surface area contributed by atoms with E-state index in [0.29, 0.717) is 0 Å². The summed E-state index contributed by atoms with van der Waals surface area (Å²) >= 11 is 0. The fourth-order valence-corrected chi connectivity index (χ4v) is 16.4. The first-order valence-corrected chi connectivity index (χ1v) is 22.8. The Bertz CT molecular complexity index is 3060. The molecular formula is C57H41NSi. The van der Waals surface area contributed by atoms with E-state index in [1.807, 2.05) is 0 Å². The van der Waals surface area contributed by atoms with Crippen molar-refractivity contribution >= 4 is 45.9 Å². The first-order chi connectivity index (χ1) is 29.0. The maximum absolute atomic E-state index is 2.62. The van der Waals surface area contributed by atoms with Crippen molar-refractivity contribution in [2.75, 3.05) is 4.90 Å². The smallest absolute Gasteiger partial charge is 0.182 e. The second kappa shape index (κ2) is 12.7. The summed E-state index contributed by atoms with van der Waals surface area (Å²) in [6.45, 7) is 4.75. The highest BCUT2D eigenvalue weighted by atomic mass is 28.3. The van der Waals surface area contributed by atoms with Gasteiger partial charge in [0.05, 0.1) is 0 Å². The van der Waals surface area contributed by atoms with Crippen molar-refractivity contribution in [3.05, 3.63) is 223 Å². The second-order valence-electron chi connectivity index (χ2n) is 16.8. The van der Waals surface area contributed by atoms with Gasteiger partial charge in [0.1, 0.15) is 0 Å². The SMILES string of the molecule is CC1(C)c2ccccc2-c2ccc(N(c3ccc(-c4ccc(-c5ccccc5)cc4)cc3)c3ccc4c(c3)[Si]3(c5ccccc5-c5ccccc53)c3ccccc3-4)cc21. The fourth-order valence-electron chi connectivity index (χ4n) is 10.8. The van der Waals surface area contributed by atoms with Crippen LogP contribution in [0.25, 0.3) is 55.6 Å². The lowest BCUT2D eigenvalue weighted by atomic mass is 9.82. The Kier molecular flexibility index (Phi) is 7.36. The van der Waals surface area contributed by atoms with Crippen LogP contribution >= 0.6 is 0 Å². The lowest BCUT2D eigenvalue weighted by Crippen LogP contribution is -2.70. The van der Waals surface area contributed by atoms with Crippen molar-refractivity contribution in [1.29, 1.82) is 0 Å². The maximum Gasteiger partial charge on any atom is 0.182 e.